The first kappa shape index (κ1) is 9.40. The van der Waals surface area contributed by atoms with Crippen LogP contribution in [-0.2, 0) is 4.74 Å². The van der Waals surface area contributed by atoms with Crippen molar-refractivity contribution in [2.75, 3.05) is 6.61 Å². The van der Waals surface area contributed by atoms with Crippen LogP contribution < -0.4 is 0 Å². The molecule has 0 aromatic heterocycles. The van der Waals surface area contributed by atoms with Gasteiger partial charge in [0.1, 0.15) is 24.4 Å². The molecule has 1 heterocycles. The van der Waals surface area contributed by atoms with Gasteiger partial charge in [-0.1, -0.05) is 5.16 Å². The Morgan fingerprint density at radius 3 is 2.50 bits per heavy atom. The molecule has 6 heteroatoms. The van der Waals surface area contributed by atoms with Gasteiger partial charge in [-0.05, 0) is 0 Å². The van der Waals surface area contributed by atoms with E-state index < -0.39 is 24.4 Å². The summed E-state index contributed by atoms with van der Waals surface area (Å²) < 4.78 is 4.84. The monoisotopic (exact) mass is 177 g/mol. The number of oxime groups is 1. The first-order valence-electron chi connectivity index (χ1n) is 3.50. The molecule has 4 N–H and O–H groups in total. The molecule has 1 saturated heterocycles. The molecule has 0 bridgehead atoms. The molecule has 1 aliphatic rings. The van der Waals surface area contributed by atoms with Crippen molar-refractivity contribution in [2.24, 2.45) is 5.16 Å². The van der Waals surface area contributed by atoms with E-state index in [9.17, 15) is 5.11 Å². The number of rotatable bonds is 1. The van der Waals surface area contributed by atoms with Gasteiger partial charge in [0.05, 0.1) is 12.8 Å². The number of nitrogens with zero attached hydrogens (tertiary/aromatic N) is 1. The van der Waals surface area contributed by atoms with E-state index in [1.807, 2.05) is 0 Å². The summed E-state index contributed by atoms with van der Waals surface area (Å²) in [5.41, 5.74) is 0. The normalized spacial score (nSPS) is 43.6. The van der Waals surface area contributed by atoms with Crippen LogP contribution >= 0.6 is 0 Å². The molecular formula is C6H11NO5. The van der Waals surface area contributed by atoms with Crippen molar-refractivity contribution in [1.82, 2.24) is 0 Å². The zero-order valence-electron chi connectivity index (χ0n) is 6.24. The van der Waals surface area contributed by atoms with Gasteiger partial charge in [-0.25, -0.2) is 0 Å². The van der Waals surface area contributed by atoms with Gasteiger partial charge in [-0.2, -0.15) is 0 Å². The largest absolute Gasteiger partial charge is 0.411 e. The minimum Gasteiger partial charge on any atom is -0.411 e. The van der Waals surface area contributed by atoms with E-state index in [-0.39, 0.29) is 6.61 Å². The van der Waals surface area contributed by atoms with Gasteiger partial charge in [-0.15, -0.1) is 0 Å². The summed E-state index contributed by atoms with van der Waals surface area (Å²) in [6, 6.07) is 0. The average Bonchev–Trinajstić information content (AvgIpc) is 2.07. The van der Waals surface area contributed by atoms with Gasteiger partial charge in [0.25, 0.3) is 0 Å². The highest BCUT2D eigenvalue weighted by atomic mass is 16.5. The van der Waals surface area contributed by atoms with Gasteiger partial charge in [0, 0.05) is 0 Å². The summed E-state index contributed by atoms with van der Waals surface area (Å²) in [6.07, 6.45) is -3.53. The molecule has 1 unspecified atom stereocenters. The number of hydrogen-bond acceptors (Lipinski definition) is 6. The molecule has 0 saturated carbocycles. The molecule has 12 heavy (non-hydrogen) atoms. The molecule has 0 spiro atoms. The SMILES string of the molecule is ON=CC1OC[C@@H](O)[C@H](O)[C@@H]1O. The number of hydrogen-bond donors (Lipinski definition) is 4. The number of aliphatic hydroxyl groups is 3. The van der Waals surface area contributed by atoms with Crippen LogP contribution in [0.15, 0.2) is 5.16 Å². The van der Waals surface area contributed by atoms with Crippen LogP contribution in [0.5, 0.6) is 0 Å². The van der Waals surface area contributed by atoms with E-state index in [4.69, 9.17) is 20.2 Å². The zero-order chi connectivity index (χ0) is 9.14. The maximum absolute atomic E-state index is 9.20. The van der Waals surface area contributed by atoms with Crippen molar-refractivity contribution in [1.29, 1.82) is 0 Å². The van der Waals surface area contributed by atoms with E-state index in [1.54, 1.807) is 0 Å². The molecule has 0 amide bonds. The highest BCUT2D eigenvalue weighted by Crippen LogP contribution is 2.13. The minimum atomic E-state index is -1.26. The third kappa shape index (κ3) is 1.72. The second kappa shape index (κ2) is 3.81. The second-order valence-electron chi connectivity index (χ2n) is 2.61. The molecule has 6 nitrogen and oxygen atoms in total. The molecule has 0 aromatic carbocycles. The Hall–Kier alpha value is -0.690. The molecule has 0 radical (unpaired) electrons. The maximum atomic E-state index is 9.20. The van der Waals surface area contributed by atoms with Crippen molar-refractivity contribution >= 4 is 6.21 Å². The molecule has 1 rings (SSSR count). The summed E-state index contributed by atoms with van der Waals surface area (Å²) in [7, 11) is 0. The lowest BCUT2D eigenvalue weighted by Gasteiger charge is -2.32. The van der Waals surface area contributed by atoms with Gasteiger partial charge < -0.3 is 25.3 Å². The third-order valence-corrected chi connectivity index (χ3v) is 1.75. The number of aliphatic hydroxyl groups excluding tert-OH is 3. The van der Waals surface area contributed by atoms with Crippen LogP contribution in [0.2, 0.25) is 0 Å². The Bertz CT molecular complexity index is 173. The molecule has 4 atom stereocenters. The molecule has 1 aliphatic heterocycles. The van der Waals surface area contributed by atoms with Crippen molar-refractivity contribution in [2.45, 2.75) is 24.4 Å². The van der Waals surface area contributed by atoms with Gasteiger partial charge in [0.2, 0.25) is 0 Å². The van der Waals surface area contributed by atoms with E-state index >= 15 is 0 Å². The fourth-order valence-electron chi connectivity index (χ4n) is 1.03. The zero-order valence-corrected chi connectivity index (χ0v) is 6.24. The lowest BCUT2D eigenvalue weighted by atomic mass is 10.0. The first-order valence-corrected chi connectivity index (χ1v) is 3.50. The van der Waals surface area contributed by atoms with Crippen LogP contribution in [0.25, 0.3) is 0 Å². The summed E-state index contributed by atoms with van der Waals surface area (Å²) in [6.45, 7) is -0.0884. The Morgan fingerprint density at radius 2 is 1.92 bits per heavy atom. The van der Waals surface area contributed by atoms with Crippen molar-refractivity contribution in [3.8, 4) is 0 Å². The topological polar surface area (TPSA) is 103 Å². The van der Waals surface area contributed by atoms with Crippen LogP contribution in [0.1, 0.15) is 0 Å². The lowest BCUT2D eigenvalue weighted by Crippen LogP contribution is -2.53. The average molecular weight is 177 g/mol. The molecule has 0 aliphatic carbocycles. The predicted octanol–water partition coefficient (Wildman–Crippen LogP) is -2.07. The molecule has 1 fully saturated rings. The van der Waals surface area contributed by atoms with Gasteiger partial charge in [0.15, 0.2) is 0 Å². The fraction of sp³-hybridized carbons (Fsp3) is 0.833. The maximum Gasteiger partial charge on any atom is 0.124 e. The first-order chi connectivity index (χ1) is 5.66. The second-order valence-corrected chi connectivity index (χ2v) is 2.61. The molecule has 70 valence electrons. The molecular weight excluding hydrogens is 166 g/mol. The summed E-state index contributed by atoms with van der Waals surface area (Å²) in [5.74, 6) is 0. The smallest absolute Gasteiger partial charge is 0.124 e. The Balaban J connectivity index is 2.58. The van der Waals surface area contributed by atoms with Crippen LogP contribution in [0.4, 0.5) is 0 Å². The summed E-state index contributed by atoms with van der Waals surface area (Å²) in [5, 5.41) is 38.1. The summed E-state index contributed by atoms with van der Waals surface area (Å²) >= 11 is 0. The van der Waals surface area contributed by atoms with Crippen molar-refractivity contribution < 1.29 is 25.3 Å². The Morgan fingerprint density at radius 1 is 1.25 bits per heavy atom. The highest BCUT2D eigenvalue weighted by molar-refractivity contribution is 5.63. The van der Waals surface area contributed by atoms with Gasteiger partial charge >= 0.3 is 0 Å². The molecule has 0 aromatic rings. The number of ether oxygens (including phenoxy) is 1. The predicted molar refractivity (Wildman–Crippen MR) is 38.0 cm³/mol. The minimum absolute atomic E-state index is 0.0884. The van der Waals surface area contributed by atoms with Crippen molar-refractivity contribution in [3.05, 3.63) is 0 Å². The van der Waals surface area contributed by atoms with Crippen LogP contribution in [0.3, 0.4) is 0 Å². The third-order valence-electron chi connectivity index (χ3n) is 1.75. The van der Waals surface area contributed by atoms with E-state index in [1.165, 1.54) is 0 Å². The summed E-state index contributed by atoms with van der Waals surface area (Å²) in [4.78, 5) is 0. The standard InChI is InChI=1S/C6H11NO5/c8-3-2-12-4(1-7-11)6(10)5(3)9/h1,3-6,8-11H,2H2/t3-,4?,5+,6-/m1/s1. The quantitative estimate of drug-likeness (QED) is 0.209. The van der Waals surface area contributed by atoms with Crippen molar-refractivity contribution in [3.63, 3.8) is 0 Å². The van der Waals surface area contributed by atoms with Crippen LogP contribution in [0, 0.1) is 0 Å². The Kier molecular flexibility index (Phi) is 2.99. The van der Waals surface area contributed by atoms with E-state index in [0.29, 0.717) is 0 Å². The van der Waals surface area contributed by atoms with E-state index in [0.717, 1.165) is 6.21 Å². The van der Waals surface area contributed by atoms with E-state index in [2.05, 4.69) is 5.16 Å². The lowest BCUT2D eigenvalue weighted by molar-refractivity contribution is -0.166. The fourth-order valence-corrected chi connectivity index (χ4v) is 1.03. The van der Waals surface area contributed by atoms with Crippen LogP contribution in [-0.4, -0.2) is 57.8 Å². The Labute approximate surface area is 68.7 Å². The van der Waals surface area contributed by atoms with Gasteiger partial charge in [-0.3, -0.25) is 0 Å². The highest BCUT2D eigenvalue weighted by Gasteiger charge is 2.36.